The van der Waals surface area contributed by atoms with Gasteiger partial charge < -0.3 is 14.6 Å². The standard InChI is InChI=1S/C16H22FN3O/c1-3-7-18-8-6-14-11-20(12-19-14)10-13-4-5-15(21-2)9-16(13)17/h4-5,9,11-12,18H,3,6-8,10H2,1-2H3. The fourth-order valence-corrected chi connectivity index (χ4v) is 2.12. The molecular weight excluding hydrogens is 269 g/mol. The lowest BCUT2D eigenvalue weighted by atomic mass is 10.2. The zero-order chi connectivity index (χ0) is 15.1. The van der Waals surface area contributed by atoms with E-state index < -0.39 is 0 Å². The molecule has 0 amide bonds. The van der Waals surface area contributed by atoms with Crippen molar-refractivity contribution in [2.24, 2.45) is 0 Å². The molecule has 1 heterocycles. The minimum Gasteiger partial charge on any atom is -0.497 e. The lowest BCUT2D eigenvalue weighted by Crippen LogP contribution is -2.17. The van der Waals surface area contributed by atoms with Gasteiger partial charge in [0.15, 0.2) is 0 Å². The highest BCUT2D eigenvalue weighted by Gasteiger charge is 2.06. The Morgan fingerprint density at radius 2 is 2.19 bits per heavy atom. The number of halogens is 1. The average Bonchev–Trinajstić information content (AvgIpc) is 2.93. The highest BCUT2D eigenvalue weighted by Crippen LogP contribution is 2.17. The van der Waals surface area contributed by atoms with Gasteiger partial charge in [-0.05, 0) is 19.0 Å². The Bertz CT molecular complexity index is 568. The van der Waals surface area contributed by atoms with Crippen LogP contribution in [0.1, 0.15) is 24.6 Å². The molecule has 0 unspecified atom stereocenters. The Labute approximate surface area is 125 Å². The van der Waals surface area contributed by atoms with E-state index in [1.54, 1.807) is 18.5 Å². The summed E-state index contributed by atoms with van der Waals surface area (Å²) in [6.45, 7) is 4.57. The molecular formula is C16H22FN3O. The number of hydrogen-bond donors (Lipinski definition) is 1. The molecule has 0 aliphatic heterocycles. The van der Waals surface area contributed by atoms with Crippen LogP contribution in [0.15, 0.2) is 30.7 Å². The molecule has 2 aromatic rings. The first-order chi connectivity index (χ1) is 10.2. The SMILES string of the molecule is CCCNCCc1cn(Cc2ccc(OC)cc2F)cn1. The smallest absolute Gasteiger partial charge is 0.131 e. The van der Waals surface area contributed by atoms with E-state index in [1.807, 2.05) is 10.8 Å². The first-order valence-electron chi connectivity index (χ1n) is 7.26. The summed E-state index contributed by atoms with van der Waals surface area (Å²) < 4.78 is 20.8. The Balaban J connectivity index is 1.93. The number of hydrogen-bond acceptors (Lipinski definition) is 3. The highest BCUT2D eigenvalue weighted by molar-refractivity contribution is 5.29. The third-order valence-corrected chi connectivity index (χ3v) is 3.28. The quantitative estimate of drug-likeness (QED) is 0.760. The Morgan fingerprint density at radius 1 is 1.33 bits per heavy atom. The van der Waals surface area contributed by atoms with Gasteiger partial charge in [-0.1, -0.05) is 13.0 Å². The Kier molecular flexibility index (Phi) is 5.75. The predicted molar refractivity (Wildman–Crippen MR) is 81.1 cm³/mol. The second-order valence-corrected chi connectivity index (χ2v) is 4.99. The summed E-state index contributed by atoms with van der Waals surface area (Å²) in [7, 11) is 1.53. The fourth-order valence-electron chi connectivity index (χ4n) is 2.12. The molecule has 114 valence electrons. The molecule has 0 fully saturated rings. The summed E-state index contributed by atoms with van der Waals surface area (Å²) in [6, 6.07) is 4.92. The molecule has 0 aliphatic carbocycles. The van der Waals surface area contributed by atoms with Crippen molar-refractivity contribution in [1.82, 2.24) is 14.9 Å². The average molecular weight is 291 g/mol. The number of methoxy groups -OCH3 is 1. The third-order valence-electron chi connectivity index (χ3n) is 3.28. The predicted octanol–water partition coefficient (Wildman–Crippen LogP) is 2.62. The van der Waals surface area contributed by atoms with Gasteiger partial charge in [0.2, 0.25) is 0 Å². The Morgan fingerprint density at radius 3 is 2.90 bits per heavy atom. The number of nitrogens with one attached hydrogen (secondary N) is 1. The van der Waals surface area contributed by atoms with E-state index in [1.165, 1.54) is 13.2 Å². The zero-order valence-electron chi connectivity index (χ0n) is 12.6. The van der Waals surface area contributed by atoms with Crippen molar-refractivity contribution in [3.05, 3.63) is 47.8 Å². The maximum Gasteiger partial charge on any atom is 0.131 e. The zero-order valence-corrected chi connectivity index (χ0v) is 12.6. The van der Waals surface area contributed by atoms with Crippen LogP contribution in [0.2, 0.25) is 0 Å². The van der Waals surface area contributed by atoms with Gasteiger partial charge in [-0.2, -0.15) is 0 Å². The molecule has 0 saturated heterocycles. The lowest BCUT2D eigenvalue weighted by Gasteiger charge is -2.06. The first kappa shape index (κ1) is 15.5. The van der Waals surface area contributed by atoms with Gasteiger partial charge >= 0.3 is 0 Å². The number of imidazole rings is 1. The van der Waals surface area contributed by atoms with E-state index in [0.717, 1.165) is 31.6 Å². The number of benzene rings is 1. The van der Waals surface area contributed by atoms with Crippen LogP contribution in [0.5, 0.6) is 5.75 Å². The van der Waals surface area contributed by atoms with Crippen molar-refractivity contribution >= 4 is 0 Å². The normalized spacial score (nSPS) is 10.8. The summed E-state index contributed by atoms with van der Waals surface area (Å²) in [5.41, 5.74) is 1.65. The number of aromatic nitrogens is 2. The summed E-state index contributed by atoms with van der Waals surface area (Å²) >= 11 is 0. The van der Waals surface area contributed by atoms with Gasteiger partial charge in [0.05, 0.1) is 25.7 Å². The second-order valence-electron chi connectivity index (χ2n) is 4.99. The van der Waals surface area contributed by atoms with Crippen molar-refractivity contribution in [2.45, 2.75) is 26.3 Å². The molecule has 5 heteroatoms. The molecule has 2 rings (SSSR count). The van der Waals surface area contributed by atoms with E-state index in [-0.39, 0.29) is 5.82 Å². The molecule has 1 aromatic heterocycles. The van der Waals surface area contributed by atoms with Crippen molar-refractivity contribution < 1.29 is 9.13 Å². The summed E-state index contributed by atoms with van der Waals surface area (Å²) in [5.74, 6) is 0.277. The van der Waals surface area contributed by atoms with Crippen molar-refractivity contribution in [3.8, 4) is 5.75 Å². The maximum atomic E-state index is 13.9. The largest absolute Gasteiger partial charge is 0.497 e. The lowest BCUT2D eigenvalue weighted by molar-refractivity contribution is 0.410. The van der Waals surface area contributed by atoms with Crippen LogP contribution in [0.25, 0.3) is 0 Å². The van der Waals surface area contributed by atoms with E-state index in [0.29, 0.717) is 17.9 Å². The minimum absolute atomic E-state index is 0.255. The van der Waals surface area contributed by atoms with Gasteiger partial charge in [0.1, 0.15) is 11.6 Å². The highest BCUT2D eigenvalue weighted by atomic mass is 19.1. The van der Waals surface area contributed by atoms with Crippen molar-refractivity contribution in [1.29, 1.82) is 0 Å². The van der Waals surface area contributed by atoms with E-state index in [2.05, 4.69) is 17.2 Å². The second kappa shape index (κ2) is 7.78. The maximum absolute atomic E-state index is 13.9. The minimum atomic E-state index is -0.255. The summed E-state index contributed by atoms with van der Waals surface area (Å²) in [4.78, 5) is 4.35. The summed E-state index contributed by atoms with van der Waals surface area (Å²) in [5, 5.41) is 3.34. The Hall–Kier alpha value is -1.88. The number of nitrogens with zero attached hydrogens (tertiary/aromatic N) is 2. The van der Waals surface area contributed by atoms with Crippen LogP contribution in [0.3, 0.4) is 0 Å². The molecule has 0 bridgehead atoms. The molecule has 0 radical (unpaired) electrons. The van der Waals surface area contributed by atoms with E-state index in [9.17, 15) is 4.39 Å². The molecule has 0 aliphatic rings. The topological polar surface area (TPSA) is 39.1 Å². The first-order valence-corrected chi connectivity index (χ1v) is 7.26. The van der Waals surface area contributed by atoms with Crippen LogP contribution in [0, 0.1) is 5.82 Å². The molecule has 21 heavy (non-hydrogen) atoms. The van der Waals surface area contributed by atoms with Gasteiger partial charge in [-0.15, -0.1) is 0 Å². The van der Waals surface area contributed by atoms with Crippen molar-refractivity contribution in [2.75, 3.05) is 20.2 Å². The molecule has 0 atom stereocenters. The fraction of sp³-hybridized carbons (Fsp3) is 0.438. The van der Waals surface area contributed by atoms with Gasteiger partial charge in [-0.25, -0.2) is 9.37 Å². The van der Waals surface area contributed by atoms with Crippen LogP contribution in [0.4, 0.5) is 4.39 Å². The van der Waals surface area contributed by atoms with E-state index >= 15 is 0 Å². The molecule has 0 spiro atoms. The molecule has 0 saturated carbocycles. The molecule has 1 aromatic carbocycles. The third kappa shape index (κ3) is 4.56. The molecule has 4 nitrogen and oxygen atoms in total. The van der Waals surface area contributed by atoms with Crippen LogP contribution >= 0.6 is 0 Å². The monoisotopic (exact) mass is 291 g/mol. The number of ether oxygens (including phenoxy) is 1. The van der Waals surface area contributed by atoms with Gasteiger partial charge in [0, 0.05) is 30.8 Å². The van der Waals surface area contributed by atoms with Crippen LogP contribution < -0.4 is 10.1 Å². The van der Waals surface area contributed by atoms with Crippen LogP contribution in [-0.2, 0) is 13.0 Å². The van der Waals surface area contributed by atoms with E-state index in [4.69, 9.17) is 4.74 Å². The van der Waals surface area contributed by atoms with Gasteiger partial charge in [-0.3, -0.25) is 0 Å². The summed E-state index contributed by atoms with van der Waals surface area (Å²) in [6.07, 6.45) is 5.74. The number of rotatable bonds is 8. The molecule has 1 N–H and O–H groups in total. The van der Waals surface area contributed by atoms with Crippen molar-refractivity contribution in [3.63, 3.8) is 0 Å². The van der Waals surface area contributed by atoms with Gasteiger partial charge in [0.25, 0.3) is 0 Å². The van der Waals surface area contributed by atoms with Crippen LogP contribution in [-0.4, -0.2) is 29.8 Å².